The molecule has 1 N–H and O–H groups in total. The number of hydrogen-bond acceptors (Lipinski definition) is 2. The van der Waals surface area contributed by atoms with Crippen LogP contribution in [0.3, 0.4) is 0 Å². The third kappa shape index (κ3) is 2.81. The van der Waals surface area contributed by atoms with Crippen molar-refractivity contribution in [1.29, 1.82) is 0 Å². The van der Waals surface area contributed by atoms with Crippen molar-refractivity contribution in [3.05, 3.63) is 17.5 Å². The van der Waals surface area contributed by atoms with Crippen molar-refractivity contribution < 1.29 is 0 Å². The van der Waals surface area contributed by atoms with Crippen LogP contribution in [-0.2, 0) is 12.0 Å². The summed E-state index contributed by atoms with van der Waals surface area (Å²) in [6.45, 7) is 11.9. The van der Waals surface area contributed by atoms with Gasteiger partial charge in [0.15, 0.2) is 0 Å². The molecule has 15 heavy (non-hydrogen) atoms. The maximum absolute atomic E-state index is 4.62. The topological polar surface area (TPSA) is 29.9 Å². The van der Waals surface area contributed by atoms with Crippen LogP contribution in [0.1, 0.15) is 52.0 Å². The van der Waals surface area contributed by atoms with Gasteiger partial charge in [-0.1, -0.05) is 20.8 Å². The molecule has 0 aliphatic rings. The highest BCUT2D eigenvalue weighted by Crippen LogP contribution is 2.25. The van der Waals surface area contributed by atoms with Crippen molar-refractivity contribution in [3.8, 4) is 0 Å². The first kappa shape index (κ1) is 12.2. The molecule has 0 spiro atoms. The lowest BCUT2D eigenvalue weighted by Gasteiger charge is -2.22. The second kappa shape index (κ2) is 4.35. The lowest BCUT2D eigenvalue weighted by molar-refractivity contribution is 0.444. The molecule has 1 heterocycles. The van der Waals surface area contributed by atoms with Gasteiger partial charge in [0.05, 0.1) is 5.69 Å². The molecule has 0 fully saturated rings. The second-order valence-corrected chi connectivity index (χ2v) is 5.34. The van der Waals surface area contributed by atoms with Crippen molar-refractivity contribution in [2.45, 2.75) is 52.6 Å². The Hall–Kier alpha value is -0.830. The first-order valence-corrected chi connectivity index (χ1v) is 5.59. The van der Waals surface area contributed by atoms with E-state index in [0.717, 1.165) is 12.2 Å². The smallest absolute Gasteiger partial charge is 0.0765 e. The molecule has 3 nitrogen and oxygen atoms in total. The summed E-state index contributed by atoms with van der Waals surface area (Å²) in [5.74, 6) is 0. The van der Waals surface area contributed by atoms with Crippen molar-refractivity contribution in [2.24, 2.45) is 0 Å². The number of nitrogens with one attached hydrogen (secondary N) is 1. The fourth-order valence-corrected chi connectivity index (χ4v) is 1.67. The molecule has 1 rings (SSSR count). The van der Waals surface area contributed by atoms with Crippen LogP contribution in [0.2, 0.25) is 0 Å². The van der Waals surface area contributed by atoms with E-state index in [1.807, 2.05) is 7.05 Å². The van der Waals surface area contributed by atoms with E-state index in [4.69, 9.17) is 0 Å². The molecule has 0 bridgehead atoms. The Kier molecular flexibility index (Phi) is 3.55. The fourth-order valence-electron chi connectivity index (χ4n) is 1.67. The Morgan fingerprint density at radius 2 is 2.00 bits per heavy atom. The molecule has 0 radical (unpaired) electrons. The standard InChI is InChI=1S/C12H23N3/c1-9(2)15-11(12(3,4)5)7-10(14-15)8-13-6/h7,9,13H,8H2,1-6H3. The Bertz CT molecular complexity index is 318. The minimum absolute atomic E-state index is 0.156. The Balaban J connectivity index is 3.12. The Labute approximate surface area is 92.9 Å². The summed E-state index contributed by atoms with van der Waals surface area (Å²) >= 11 is 0. The molecule has 0 saturated carbocycles. The van der Waals surface area contributed by atoms with Crippen molar-refractivity contribution in [3.63, 3.8) is 0 Å². The number of nitrogens with zero attached hydrogens (tertiary/aromatic N) is 2. The molecule has 3 heteroatoms. The fraction of sp³-hybridized carbons (Fsp3) is 0.750. The van der Waals surface area contributed by atoms with E-state index in [9.17, 15) is 0 Å². The molecule has 0 saturated heterocycles. The monoisotopic (exact) mass is 209 g/mol. The average molecular weight is 209 g/mol. The van der Waals surface area contributed by atoms with E-state index < -0.39 is 0 Å². The van der Waals surface area contributed by atoms with Crippen LogP contribution in [0, 0.1) is 0 Å². The molecular formula is C12H23N3. The predicted molar refractivity (Wildman–Crippen MR) is 64.1 cm³/mol. The normalized spacial score (nSPS) is 12.5. The summed E-state index contributed by atoms with van der Waals surface area (Å²) in [5.41, 5.74) is 2.59. The number of hydrogen-bond donors (Lipinski definition) is 1. The van der Waals surface area contributed by atoms with Crippen LogP contribution >= 0.6 is 0 Å². The van der Waals surface area contributed by atoms with Gasteiger partial charge in [0.2, 0.25) is 0 Å². The molecule has 0 atom stereocenters. The zero-order valence-corrected chi connectivity index (χ0v) is 10.8. The summed E-state index contributed by atoms with van der Waals surface area (Å²) in [5, 5.41) is 7.76. The molecule has 0 aromatic carbocycles. The van der Waals surface area contributed by atoms with Gasteiger partial charge in [-0.05, 0) is 27.0 Å². The Morgan fingerprint density at radius 3 is 2.33 bits per heavy atom. The highest BCUT2D eigenvalue weighted by molar-refractivity contribution is 5.18. The van der Waals surface area contributed by atoms with Gasteiger partial charge in [-0.25, -0.2) is 0 Å². The zero-order chi connectivity index (χ0) is 11.6. The van der Waals surface area contributed by atoms with Crippen LogP contribution in [0.4, 0.5) is 0 Å². The number of rotatable bonds is 3. The summed E-state index contributed by atoms with van der Waals surface area (Å²) in [7, 11) is 1.95. The van der Waals surface area contributed by atoms with Gasteiger partial charge in [-0.2, -0.15) is 5.10 Å². The van der Waals surface area contributed by atoms with E-state index in [2.05, 4.69) is 55.8 Å². The van der Waals surface area contributed by atoms with Gasteiger partial charge in [-0.3, -0.25) is 4.68 Å². The summed E-state index contributed by atoms with van der Waals surface area (Å²) in [6, 6.07) is 2.63. The first-order valence-electron chi connectivity index (χ1n) is 5.59. The van der Waals surface area contributed by atoms with Gasteiger partial charge in [0, 0.05) is 23.7 Å². The van der Waals surface area contributed by atoms with E-state index in [1.54, 1.807) is 0 Å². The molecule has 0 unspecified atom stereocenters. The highest BCUT2D eigenvalue weighted by Gasteiger charge is 2.21. The molecule has 0 amide bonds. The second-order valence-electron chi connectivity index (χ2n) is 5.34. The van der Waals surface area contributed by atoms with Crippen LogP contribution < -0.4 is 5.32 Å². The van der Waals surface area contributed by atoms with Crippen molar-refractivity contribution >= 4 is 0 Å². The van der Waals surface area contributed by atoms with E-state index >= 15 is 0 Å². The van der Waals surface area contributed by atoms with Crippen molar-refractivity contribution in [1.82, 2.24) is 15.1 Å². The molecule has 1 aromatic rings. The maximum Gasteiger partial charge on any atom is 0.0765 e. The van der Waals surface area contributed by atoms with Crippen LogP contribution in [0.5, 0.6) is 0 Å². The first-order chi connectivity index (χ1) is 6.86. The average Bonchev–Trinajstić information content (AvgIpc) is 2.48. The van der Waals surface area contributed by atoms with Crippen LogP contribution in [0.25, 0.3) is 0 Å². The maximum atomic E-state index is 4.62. The highest BCUT2D eigenvalue weighted by atomic mass is 15.3. The molecule has 0 aliphatic heterocycles. The Morgan fingerprint density at radius 1 is 1.40 bits per heavy atom. The lowest BCUT2D eigenvalue weighted by atomic mass is 9.91. The van der Waals surface area contributed by atoms with Gasteiger partial charge >= 0.3 is 0 Å². The summed E-state index contributed by atoms with van der Waals surface area (Å²) in [6.07, 6.45) is 0. The van der Waals surface area contributed by atoms with E-state index in [-0.39, 0.29) is 5.41 Å². The van der Waals surface area contributed by atoms with Gasteiger partial charge in [0.25, 0.3) is 0 Å². The molecule has 86 valence electrons. The van der Waals surface area contributed by atoms with Gasteiger partial charge in [-0.15, -0.1) is 0 Å². The van der Waals surface area contributed by atoms with Gasteiger partial charge < -0.3 is 5.32 Å². The third-order valence-corrected chi connectivity index (χ3v) is 2.40. The predicted octanol–water partition coefficient (Wildman–Crippen LogP) is 2.48. The molecule has 0 aliphatic carbocycles. The van der Waals surface area contributed by atoms with Crippen LogP contribution in [-0.4, -0.2) is 16.8 Å². The quantitative estimate of drug-likeness (QED) is 0.829. The summed E-state index contributed by atoms with van der Waals surface area (Å²) in [4.78, 5) is 0. The molecular weight excluding hydrogens is 186 g/mol. The van der Waals surface area contributed by atoms with E-state index in [1.165, 1.54) is 5.69 Å². The minimum Gasteiger partial charge on any atom is -0.314 e. The van der Waals surface area contributed by atoms with Crippen molar-refractivity contribution in [2.75, 3.05) is 7.05 Å². The largest absolute Gasteiger partial charge is 0.314 e. The SMILES string of the molecule is CNCc1cc(C(C)(C)C)n(C(C)C)n1. The minimum atomic E-state index is 0.156. The zero-order valence-electron chi connectivity index (χ0n) is 10.8. The number of aromatic nitrogens is 2. The van der Waals surface area contributed by atoms with E-state index in [0.29, 0.717) is 6.04 Å². The lowest BCUT2D eigenvalue weighted by Crippen LogP contribution is -2.19. The molecule has 1 aromatic heterocycles. The van der Waals surface area contributed by atoms with Gasteiger partial charge in [0.1, 0.15) is 0 Å². The summed E-state index contributed by atoms with van der Waals surface area (Å²) < 4.78 is 2.13. The third-order valence-electron chi connectivity index (χ3n) is 2.40. The van der Waals surface area contributed by atoms with Crippen LogP contribution in [0.15, 0.2) is 6.07 Å².